The van der Waals surface area contributed by atoms with E-state index in [1.807, 2.05) is 39.8 Å². The van der Waals surface area contributed by atoms with Gasteiger partial charge in [-0.1, -0.05) is 45.0 Å². The smallest absolute Gasteiger partial charge is 0.296 e. The molecular formula is C27H30N2O5. The summed E-state index contributed by atoms with van der Waals surface area (Å²) in [4.78, 5) is 39.0. The summed E-state index contributed by atoms with van der Waals surface area (Å²) in [6, 6.07) is 14.0. The van der Waals surface area contributed by atoms with Gasteiger partial charge in [-0.05, 0) is 47.6 Å². The lowest BCUT2D eigenvalue weighted by molar-refractivity contribution is -0.112. The predicted octanol–water partition coefficient (Wildman–Crippen LogP) is 4.73. The summed E-state index contributed by atoms with van der Waals surface area (Å²) in [6.07, 6.45) is 0. The molecule has 7 nitrogen and oxygen atoms in total. The minimum Gasteiger partial charge on any atom is -0.496 e. The molecule has 0 spiro atoms. The third-order valence-corrected chi connectivity index (χ3v) is 5.54. The first kappa shape index (κ1) is 24.8. The topological polar surface area (TPSA) is 93.7 Å². The first-order valence-electron chi connectivity index (χ1n) is 11.0. The molecule has 178 valence electrons. The van der Waals surface area contributed by atoms with Gasteiger partial charge in [-0.25, -0.2) is 0 Å². The van der Waals surface area contributed by atoms with Crippen LogP contribution in [0.5, 0.6) is 11.5 Å². The molecule has 0 bridgehead atoms. The van der Waals surface area contributed by atoms with Gasteiger partial charge in [0, 0.05) is 17.5 Å². The lowest BCUT2D eigenvalue weighted by atomic mass is 9.85. The number of ketones is 1. The highest BCUT2D eigenvalue weighted by Crippen LogP contribution is 2.36. The van der Waals surface area contributed by atoms with E-state index in [0.717, 1.165) is 10.9 Å². The Morgan fingerprint density at radius 2 is 1.56 bits per heavy atom. The summed E-state index contributed by atoms with van der Waals surface area (Å²) >= 11 is 0. The highest BCUT2D eigenvalue weighted by molar-refractivity contribution is 6.48. The van der Waals surface area contributed by atoms with Gasteiger partial charge in [0.2, 0.25) is 0 Å². The molecule has 0 radical (unpaired) electrons. The Labute approximate surface area is 199 Å². The summed E-state index contributed by atoms with van der Waals surface area (Å²) < 4.78 is 10.9. The van der Waals surface area contributed by atoms with Crippen LogP contribution in [-0.2, 0) is 10.2 Å². The molecule has 0 aromatic heterocycles. The fourth-order valence-electron chi connectivity index (χ4n) is 3.75. The van der Waals surface area contributed by atoms with Gasteiger partial charge in [-0.3, -0.25) is 14.4 Å². The second-order valence-electron chi connectivity index (χ2n) is 8.86. The van der Waals surface area contributed by atoms with E-state index >= 15 is 0 Å². The third kappa shape index (κ3) is 4.88. The van der Waals surface area contributed by atoms with Gasteiger partial charge in [-0.15, -0.1) is 0 Å². The minimum atomic E-state index is -0.832. The first-order valence-corrected chi connectivity index (χ1v) is 11.0. The van der Waals surface area contributed by atoms with Crippen molar-refractivity contribution in [1.29, 1.82) is 0 Å². The standard InChI is InChI=1S/C27H30N2O5/c1-7-28-25(31)20-14-16(27(2,3)4)15-21(24(20)34-6)29-26(32)23(30)19-12-13-22(33-5)18-11-9-8-10-17(18)19/h8-15H,7H2,1-6H3,(H,28,31)(H,29,32). The zero-order valence-corrected chi connectivity index (χ0v) is 20.4. The average Bonchev–Trinajstić information content (AvgIpc) is 2.81. The molecule has 3 aromatic carbocycles. The summed E-state index contributed by atoms with van der Waals surface area (Å²) in [5, 5.41) is 6.79. The number of nitrogens with one attached hydrogen (secondary N) is 2. The minimum absolute atomic E-state index is 0.194. The maximum absolute atomic E-state index is 13.2. The van der Waals surface area contributed by atoms with Gasteiger partial charge in [0.15, 0.2) is 5.75 Å². The lowest BCUT2D eigenvalue weighted by Gasteiger charge is -2.23. The number of fused-ring (bicyclic) bond motifs is 1. The summed E-state index contributed by atoms with van der Waals surface area (Å²) in [5.74, 6) is -1.06. The van der Waals surface area contributed by atoms with E-state index in [1.54, 1.807) is 43.5 Å². The first-order chi connectivity index (χ1) is 16.1. The molecule has 3 aromatic rings. The van der Waals surface area contributed by atoms with E-state index in [1.165, 1.54) is 7.11 Å². The van der Waals surface area contributed by atoms with E-state index in [9.17, 15) is 14.4 Å². The monoisotopic (exact) mass is 462 g/mol. The Hall–Kier alpha value is -3.87. The second kappa shape index (κ2) is 9.95. The maximum atomic E-state index is 13.2. The van der Waals surface area contributed by atoms with Crippen LogP contribution in [-0.4, -0.2) is 38.4 Å². The van der Waals surface area contributed by atoms with Gasteiger partial charge in [0.1, 0.15) is 5.75 Å². The number of ether oxygens (including phenoxy) is 2. The number of amides is 2. The number of rotatable bonds is 7. The third-order valence-electron chi connectivity index (χ3n) is 5.54. The van der Waals surface area contributed by atoms with Crippen LogP contribution in [0.4, 0.5) is 5.69 Å². The van der Waals surface area contributed by atoms with Crippen molar-refractivity contribution in [3.8, 4) is 11.5 Å². The van der Waals surface area contributed by atoms with Gasteiger partial charge in [-0.2, -0.15) is 0 Å². The SMILES string of the molecule is CCNC(=O)c1cc(C(C)(C)C)cc(NC(=O)C(=O)c2ccc(OC)c3ccccc23)c1OC. The van der Waals surface area contributed by atoms with Crippen LogP contribution >= 0.6 is 0 Å². The molecule has 0 fully saturated rings. The van der Waals surface area contributed by atoms with Crippen molar-refractivity contribution in [1.82, 2.24) is 5.32 Å². The number of carbonyl (C=O) groups excluding carboxylic acids is 3. The molecule has 0 aliphatic carbocycles. The van der Waals surface area contributed by atoms with Gasteiger partial charge >= 0.3 is 0 Å². The van der Waals surface area contributed by atoms with E-state index in [2.05, 4.69) is 10.6 Å². The number of hydrogen-bond acceptors (Lipinski definition) is 5. The Bertz CT molecular complexity index is 1260. The lowest BCUT2D eigenvalue weighted by Crippen LogP contribution is -2.27. The molecule has 0 saturated carbocycles. The van der Waals surface area contributed by atoms with Crippen molar-refractivity contribution in [3.63, 3.8) is 0 Å². The molecule has 0 aliphatic heterocycles. The molecule has 0 unspecified atom stereocenters. The quantitative estimate of drug-likeness (QED) is 0.391. The van der Waals surface area contributed by atoms with E-state index in [4.69, 9.17) is 9.47 Å². The summed E-state index contributed by atoms with van der Waals surface area (Å²) in [7, 11) is 2.97. The average molecular weight is 463 g/mol. The number of carbonyl (C=O) groups is 3. The molecule has 0 aliphatic rings. The molecule has 0 heterocycles. The van der Waals surface area contributed by atoms with Crippen molar-refractivity contribution in [2.24, 2.45) is 0 Å². The molecule has 7 heteroatoms. The zero-order valence-electron chi connectivity index (χ0n) is 20.4. The number of hydrogen-bond donors (Lipinski definition) is 2. The van der Waals surface area contributed by atoms with Crippen LogP contribution in [0.1, 0.15) is 54.0 Å². The predicted molar refractivity (Wildman–Crippen MR) is 133 cm³/mol. The van der Waals surface area contributed by atoms with Gasteiger partial charge in [0.05, 0.1) is 25.5 Å². The Morgan fingerprint density at radius 1 is 0.882 bits per heavy atom. The molecule has 0 saturated heterocycles. The van der Waals surface area contributed by atoms with E-state index in [0.29, 0.717) is 17.7 Å². The summed E-state index contributed by atoms with van der Waals surface area (Å²) in [6.45, 7) is 8.24. The highest BCUT2D eigenvalue weighted by atomic mass is 16.5. The van der Waals surface area contributed by atoms with Crippen LogP contribution in [0.2, 0.25) is 0 Å². The van der Waals surface area contributed by atoms with Crippen molar-refractivity contribution in [2.75, 3.05) is 26.1 Å². The molecule has 3 rings (SSSR count). The van der Waals surface area contributed by atoms with Crippen LogP contribution < -0.4 is 20.1 Å². The Kier molecular flexibility index (Phi) is 7.25. The normalized spacial score (nSPS) is 11.1. The number of Topliss-reactive ketones (excluding diaryl/α,β-unsaturated/α-hetero) is 1. The van der Waals surface area contributed by atoms with Crippen LogP contribution in [0, 0.1) is 0 Å². The summed E-state index contributed by atoms with van der Waals surface area (Å²) in [5.41, 5.74) is 1.29. The van der Waals surface area contributed by atoms with Crippen molar-refractivity contribution in [2.45, 2.75) is 33.1 Å². The number of methoxy groups -OCH3 is 2. The van der Waals surface area contributed by atoms with Crippen molar-refractivity contribution < 1.29 is 23.9 Å². The maximum Gasteiger partial charge on any atom is 0.296 e. The van der Waals surface area contributed by atoms with E-state index < -0.39 is 11.7 Å². The molecule has 2 amide bonds. The number of benzene rings is 3. The fourth-order valence-corrected chi connectivity index (χ4v) is 3.75. The van der Waals surface area contributed by atoms with Crippen molar-refractivity contribution >= 4 is 34.1 Å². The highest BCUT2D eigenvalue weighted by Gasteiger charge is 2.26. The van der Waals surface area contributed by atoms with Gasteiger partial charge < -0.3 is 20.1 Å². The van der Waals surface area contributed by atoms with E-state index in [-0.39, 0.29) is 33.9 Å². The zero-order chi connectivity index (χ0) is 25.0. The molecule has 2 N–H and O–H groups in total. The fraction of sp³-hybridized carbons (Fsp3) is 0.296. The second-order valence-corrected chi connectivity index (χ2v) is 8.86. The molecule has 34 heavy (non-hydrogen) atoms. The van der Waals surface area contributed by atoms with Crippen molar-refractivity contribution in [3.05, 3.63) is 65.2 Å². The van der Waals surface area contributed by atoms with Crippen LogP contribution in [0.25, 0.3) is 10.8 Å². The molecule has 0 atom stereocenters. The number of anilines is 1. The molecular weight excluding hydrogens is 432 g/mol. The Balaban J connectivity index is 2.06. The van der Waals surface area contributed by atoms with Crippen LogP contribution in [0.3, 0.4) is 0 Å². The largest absolute Gasteiger partial charge is 0.496 e. The van der Waals surface area contributed by atoms with Crippen LogP contribution in [0.15, 0.2) is 48.5 Å². The Morgan fingerprint density at radius 3 is 2.15 bits per heavy atom. The van der Waals surface area contributed by atoms with Gasteiger partial charge in [0.25, 0.3) is 17.6 Å².